The zero-order valence-corrected chi connectivity index (χ0v) is 14.6. The highest BCUT2D eigenvalue weighted by Gasteiger charge is 2.81. The fourth-order valence-electron chi connectivity index (χ4n) is 8.83. The number of aliphatic hydroxyl groups excluding tert-OH is 1. The minimum Gasteiger partial charge on any atom is -0.478 e. The minimum atomic E-state index is -0.890. The van der Waals surface area contributed by atoms with Crippen molar-refractivity contribution in [2.75, 3.05) is 0 Å². The molecule has 6 rings (SSSR count). The lowest BCUT2D eigenvalue weighted by atomic mass is 9.36. The summed E-state index contributed by atoms with van der Waals surface area (Å²) in [7, 11) is 0. The van der Waals surface area contributed by atoms with Gasteiger partial charge in [-0.05, 0) is 73.0 Å². The van der Waals surface area contributed by atoms with Crippen LogP contribution >= 0.6 is 0 Å². The van der Waals surface area contributed by atoms with Gasteiger partial charge in [-0.25, -0.2) is 4.79 Å². The molecule has 1 spiro atoms. The average Bonchev–Trinajstić information content (AvgIpc) is 3.13. The molecule has 1 aromatic rings. The van der Waals surface area contributed by atoms with Crippen LogP contribution in [0.5, 0.6) is 0 Å². The first-order chi connectivity index (χ1) is 12.0. The summed E-state index contributed by atoms with van der Waals surface area (Å²) >= 11 is 0. The molecule has 0 saturated heterocycles. The Labute approximate surface area is 147 Å². The fourth-order valence-corrected chi connectivity index (χ4v) is 8.83. The molecule has 0 unspecified atom stereocenters. The number of aromatic nitrogens is 1. The van der Waals surface area contributed by atoms with Crippen LogP contribution in [0, 0.1) is 22.7 Å². The summed E-state index contributed by atoms with van der Waals surface area (Å²) in [5.74, 6) is 0.183. The smallest absolute Gasteiger partial charge is 0.334 e. The molecule has 25 heavy (non-hydrogen) atoms. The van der Waals surface area contributed by atoms with Crippen molar-refractivity contribution in [1.82, 2.24) is 4.98 Å². The Morgan fingerprint density at radius 2 is 2.08 bits per heavy atom. The zero-order chi connectivity index (χ0) is 17.2. The summed E-state index contributed by atoms with van der Waals surface area (Å²) in [5, 5.41) is 21.6. The summed E-state index contributed by atoms with van der Waals surface area (Å²) < 4.78 is 0. The molecule has 5 aliphatic carbocycles. The highest BCUT2D eigenvalue weighted by atomic mass is 16.4. The van der Waals surface area contributed by atoms with E-state index in [0.29, 0.717) is 17.4 Å². The van der Waals surface area contributed by atoms with Crippen molar-refractivity contribution >= 4 is 5.97 Å². The number of carboxylic acids is 1. The third kappa shape index (κ3) is 1.17. The molecule has 1 heterocycles. The molecule has 3 N–H and O–H groups in total. The van der Waals surface area contributed by atoms with Gasteiger partial charge in [0.1, 0.15) is 0 Å². The first-order valence-electron chi connectivity index (χ1n) is 9.80. The van der Waals surface area contributed by atoms with Crippen molar-refractivity contribution in [1.29, 1.82) is 0 Å². The van der Waals surface area contributed by atoms with Crippen LogP contribution in [0.4, 0.5) is 0 Å². The Hall–Kier alpha value is -1.55. The molecule has 0 amide bonds. The van der Waals surface area contributed by atoms with Crippen molar-refractivity contribution in [2.45, 2.75) is 63.4 Å². The minimum absolute atomic E-state index is 0.0711. The van der Waals surface area contributed by atoms with E-state index >= 15 is 0 Å². The number of carbonyl (C=O) groups is 1. The predicted octanol–water partition coefficient (Wildman–Crippen LogP) is 3.17. The lowest BCUT2D eigenvalue weighted by Crippen LogP contribution is -2.66. The zero-order valence-electron chi connectivity index (χ0n) is 14.6. The number of hydrogen-bond acceptors (Lipinski definition) is 2. The van der Waals surface area contributed by atoms with Gasteiger partial charge in [0.25, 0.3) is 0 Å². The second kappa shape index (κ2) is 4.06. The van der Waals surface area contributed by atoms with Gasteiger partial charge in [0, 0.05) is 22.7 Å². The third-order valence-electron chi connectivity index (χ3n) is 9.18. The maximum absolute atomic E-state index is 12.2. The van der Waals surface area contributed by atoms with Crippen molar-refractivity contribution in [3.05, 3.63) is 34.7 Å². The van der Waals surface area contributed by atoms with Crippen LogP contribution in [-0.2, 0) is 16.6 Å². The van der Waals surface area contributed by atoms with Crippen LogP contribution in [-0.4, -0.2) is 27.3 Å². The maximum Gasteiger partial charge on any atom is 0.334 e. The van der Waals surface area contributed by atoms with E-state index in [1.54, 1.807) is 0 Å². The molecule has 0 aromatic carbocycles. The Morgan fingerprint density at radius 3 is 2.88 bits per heavy atom. The molecule has 132 valence electrons. The molecule has 0 aliphatic heterocycles. The molecular weight excluding hydrogens is 314 g/mol. The van der Waals surface area contributed by atoms with Crippen molar-refractivity contribution in [3.63, 3.8) is 0 Å². The number of hydrogen-bond donors (Lipinski definition) is 3. The quantitative estimate of drug-likeness (QED) is 0.736. The molecule has 3 saturated carbocycles. The number of allylic oxidation sites excluding steroid dienone is 1. The highest BCUT2D eigenvalue weighted by molar-refractivity contribution is 5.92. The lowest BCUT2D eigenvalue weighted by molar-refractivity contribution is -0.146. The van der Waals surface area contributed by atoms with Gasteiger partial charge in [0.2, 0.25) is 0 Å². The number of H-pyrrole nitrogens is 1. The Balaban J connectivity index is 1.79. The van der Waals surface area contributed by atoms with Crippen LogP contribution in [0.3, 0.4) is 0 Å². The molecular formula is C21H25NO3. The van der Waals surface area contributed by atoms with Crippen molar-refractivity contribution < 1.29 is 15.0 Å². The monoisotopic (exact) mass is 339 g/mol. The van der Waals surface area contributed by atoms with Crippen LogP contribution in [0.2, 0.25) is 0 Å². The van der Waals surface area contributed by atoms with Gasteiger partial charge in [0.15, 0.2) is 0 Å². The van der Waals surface area contributed by atoms with E-state index in [4.69, 9.17) is 0 Å². The first kappa shape index (κ1) is 14.6. The molecule has 6 atom stereocenters. The van der Waals surface area contributed by atoms with E-state index in [1.807, 2.05) is 6.20 Å². The predicted molar refractivity (Wildman–Crippen MR) is 92.1 cm³/mol. The standard InChI is InChI=1S/C21H25NO3/c1-19-10-15-13(6-8-22-15)20-7-2-3-11-4-5-12(19)9-14(21(11,19)20)16(17(20)23)18(24)25/h6,8,11-12,17,22-23H,2-5,7,9-10H2,1H3,(H,24,25)/t11-,12-,17+,19+,20-,21-/m1/s1. The van der Waals surface area contributed by atoms with E-state index in [0.717, 1.165) is 31.3 Å². The topological polar surface area (TPSA) is 73.3 Å². The van der Waals surface area contributed by atoms with Crippen LogP contribution < -0.4 is 0 Å². The number of carboxylic acid groups (broad SMARTS) is 1. The summed E-state index contributed by atoms with van der Waals surface area (Å²) in [6.07, 6.45) is 8.63. The summed E-state index contributed by atoms with van der Waals surface area (Å²) in [5.41, 5.74) is 3.48. The maximum atomic E-state index is 12.2. The molecule has 0 radical (unpaired) electrons. The number of fused-ring (bicyclic) bond motifs is 1. The fraction of sp³-hybridized carbons (Fsp3) is 0.667. The highest BCUT2D eigenvalue weighted by Crippen LogP contribution is 2.83. The number of nitrogens with one attached hydrogen (secondary N) is 1. The molecule has 2 bridgehead atoms. The van der Waals surface area contributed by atoms with Gasteiger partial charge < -0.3 is 15.2 Å². The summed E-state index contributed by atoms with van der Waals surface area (Å²) in [4.78, 5) is 15.7. The second-order valence-electron chi connectivity index (χ2n) is 9.41. The van der Waals surface area contributed by atoms with E-state index in [9.17, 15) is 15.0 Å². The van der Waals surface area contributed by atoms with Gasteiger partial charge in [-0.2, -0.15) is 0 Å². The Morgan fingerprint density at radius 1 is 1.28 bits per heavy atom. The Kier molecular flexibility index (Phi) is 2.37. The first-order valence-corrected chi connectivity index (χ1v) is 9.80. The van der Waals surface area contributed by atoms with E-state index in [-0.39, 0.29) is 10.8 Å². The molecule has 3 fully saturated rings. The van der Waals surface area contributed by atoms with E-state index in [1.165, 1.54) is 30.5 Å². The molecule has 1 aromatic heterocycles. The van der Waals surface area contributed by atoms with E-state index in [2.05, 4.69) is 18.0 Å². The lowest BCUT2D eigenvalue weighted by Gasteiger charge is -2.67. The van der Waals surface area contributed by atoms with Gasteiger partial charge >= 0.3 is 5.97 Å². The SMILES string of the molecule is C[C@]12Cc3[nH]ccc3[C@]34CCC[C@@H]5CC[C@@H]1CC(=C(C(=O)O)[C@@H]3O)[C@]524. The summed E-state index contributed by atoms with van der Waals surface area (Å²) in [6.45, 7) is 2.41. The van der Waals surface area contributed by atoms with Gasteiger partial charge in [-0.1, -0.05) is 13.3 Å². The van der Waals surface area contributed by atoms with Crippen LogP contribution in [0.15, 0.2) is 23.4 Å². The third-order valence-corrected chi connectivity index (χ3v) is 9.18. The second-order valence-corrected chi connectivity index (χ2v) is 9.41. The number of aliphatic carboxylic acids is 1. The molecule has 4 nitrogen and oxygen atoms in total. The van der Waals surface area contributed by atoms with Gasteiger partial charge in [-0.15, -0.1) is 0 Å². The number of rotatable bonds is 1. The van der Waals surface area contributed by atoms with Crippen LogP contribution in [0.1, 0.15) is 56.7 Å². The van der Waals surface area contributed by atoms with Crippen molar-refractivity contribution in [2.24, 2.45) is 22.7 Å². The average molecular weight is 339 g/mol. The normalized spacial score (nSPS) is 49.1. The van der Waals surface area contributed by atoms with Gasteiger partial charge in [-0.3, -0.25) is 0 Å². The van der Waals surface area contributed by atoms with Gasteiger partial charge in [0.05, 0.1) is 11.7 Å². The van der Waals surface area contributed by atoms with E-state index < -0.39 is 17.5 Å². The Bertz CT molecular complexity index is 853. The molecule has 5 aliphatic rings. The van der Waals surface area contributed by atoms with Crippen molar-refractivity contribution in [3.8, 4) is 0 Å². The molecule has 4 heteroatoms. The number of aromatic amines is 1. The summed E-state index contributed by atoms with van der Waals surface area (Å²) in [6, 6.07) is 2.14. The number of aliphatic hydroxyl groups is 1. The largest absolute Gasteiger partial charge is 0.478 e. The van der Waals surface area contributed by atoms with Crippen LogP contribution in [0.25, 0.3) is 0 Å².